The Labute approximate surface area is 132 Å². The van der Waals surface area contributed by atoms with Crippen molar-refractivity contribution < 1.29 is 22.7 Å². The molecule has 0 radical (unpaired) electrons. The average Bonchev–Trinajstić information content (AvgIpc) is 2.67. The molecule has 1 N–H and O–H groups in total. The van der Waals surface area contributed by atoms with Crippen LogP contribution in [-0.4, -0.2) is 5.11 Å². The monoisotopic (exact) mass is 432 g/mol. The van der Waals surface area contributed by atoms with Crippen LogP contribution in [0.1, 0.15) is 22.1 Å². The van der Waals surface area contributed by atoms with E-state index < -0.39 is 29.2 Å². The molecule has 0 aliphatic carbocycles. The minimum absolute atomic E-state index is 0.335. The van der Waals surface area contributed by atoms with Gasteiger partial charge in [-0.15, -0.1) is 11.3 Å². The summed E-state index contributed by atoms with van der Waals surface area (Å²) in [4.78, 5) is 0.335. The van der Waals surface area contributed by atoms with Crippen molar-refractivity contribution in [3.8, 4) is 0 Å². The Morgan fingerprint density at radius 2 is 1.85 bits per heavy atom. The van der Waals surface area contributed by atoms with Crippen LogP contribution in [0, 0.1) is 5.82 Å². The highest BCUT2D eigenvalue weighted by molar-refractivity contribution is 9.13. The van der Waals surface area contributed by atoms with Gasteiger partial charge >= 0.3 is 6.18 Å². The lowest BCUT2D eigenvalue weighted by molar-refractivity contribution is -0.140. The fourth-order valence-corrected chi connectivity index (χ4v) is 3.73. The van der Waals surface area contributed by atoms with E-state index in [-0.39, 0.29) is 0 Å². The number of aliphatic hydroxyl groups is 1. The third-order valence-corrected chi connectivity index (χ3v) is 5.87. The molecule has 0 saturated carbocycles. The van der Waals surface area contributed by atoms with E-state index in [9.17, 15) is 22.7 Å². The van der Waals surface area contributed by atoms with E-state index in [1.807, 2.05) is 0 Å². The number of thiophene rings is 1. The first-order chi connectivity index (χ1) is 9.21. The van der Waals surface area contributed by atoms with Crippen molar-refractivity contribution in [2.75, 3.05) is 0 Å². The molecule has 0 aliphatic heterocycles. The maximum Gasteiger partial charge on any atom is 0.419 e. The first-order valence-electron chi connectivity index (χ1n) is 5.20. The topological polar surface area (TPSA) is 20.2 Å². The second kappa shape index (κ2) is 5.75. The molecule has 0 saturated heterocycles. The highest BCUT2D eigenvalue weighted by atomic mass is 79.9. The van der Waals surface area contributed by atoms with Crippen molar-refractivity contribution in [2.24, 2.45) is 0 Å². The van der Waals surface area contributed by atoms with Crippen molar-refractivity contribution in [3.63, 3.8) is 0 Å². The number of halogens is 6. The molecular weight excluding hydrogens is 428 g/mol. The second-order valence-electron chi connectivity index (χ2n) is 3.88. The third kappa shape index (κ3) is 3.08. The zero-order valence-electron chi connectivity index (χ0n) is 9.51. The highest BCUT2D eigenvalue weighted by Crippen LogP contribution is 2.40. The smallest absolute Gasteiger partial charge is 0.383 e. The SMILES string of the molecule is OC(c1cc(Br)c(Br)s1)c1cccc(C(F)(F)F)c1F. The normalized spacial score (nSPS) is 13.6. The maximum absolute atomic E-state index is 13.9. The van der Waals surface area contributed by atoms with Crippen LogP contribution in [0.15, 0.2) is 32.5 Å². The lowest BCUT2D eigenvalue weighted by Gasteiger charge is -2.14. The molecule has 8 heteroatoms. The highest BCUT2D eigenvalue weighted by Gasteiger charge is 2.35. The van der Waals surface area contributed by atoms with E-state index in [1.165, 1.54) is 6.07 Å². The number of benzene rings is 1. The van der Waals surface area contributed by atoms with Crippen LogP contribution in [0.2, 0.25) is 0 Å². The van der Waals surface area contributed by atoms with Gasteiger partial charge in [0.05, 0.1) is 9.35 Å². The third-order valence-electron chi connectivity index (χ3n) is 2.56. The van der Waals surface area contributed by atoms with Gasteiger partial charge in [-0.1, -0.05) is 12.1 Å². The molecule has 0 bridgehead atoms. The summed E-state index contributed by atoms with van der Waals surface area (Å²) in [5.41, 5.74) is -1.79. The predicted molar refractivity (Wildman–Crippen MR) is 75.2 cm³/mol. The molecule has 1 heterocycles. The lowest BCUT2D eigenvalue weighted by Crippen LogP contribution is -2.11. The summed E-state index contributed by atoms with van der Waals surface area (Å²) >= 11 is 7.52. The van der Waals surface area contributed by atoms with E-state index in [4.69, 9.17) is 0 Å². The van der Waals surface area contributed by atoms with E-state index in [2.05, 4.69) is 31.9 Å². The molecule has 0 spiro atoms. The Hall–Kier alpha value is -0.440. The van der Waals surface area contributed by atoms with Gasteiger partial charge in [0.1, 0.15) is 11.9 Å². The van der Waals surface area contributed by atoms with Gasteiger partial charge in [0.25, 0.3) is 0 Å². The molecule has 2 aromatic rings. The van der Waals surface area contributed by atoms with E-state index in [0.717, 1.165) is 23.5 Å². The van der Waals surface area contributed by atoms with Gasteiger partial charge in [-0.05, 0) is 44.0 Å². The minimum atomic E-state index is -4.80. The van der Waals surface area contributed by atoms with Crippen molar-refractivity contribution in [1.82, 2.24) is 0 Å². The van der Waals surface area contributed by atoms with Crippen LogP contribution in [0.5, 0.6) is 0 Å². The van der Waals surface area contributed by atoms with Crippen LogP contribution in [0.3, 0.4) is 0 Å². The van der Waals surface area contributed by atoms with Gasteiger partial charge in [0.15, 0.2) is 0 Å². The molecule has 2 rings (SSSR count). The summed E-state index contributed by atoms with van der Waals surface area (Å²) in [6, 6.07) is 4.38. The first-order valence-corrected chi connectivity index (χ1v) is 7.60. The molecule has 0 fully saturated rings. The molecule has 0 amide bonds. The molecule has 1 atom stereocenters. The summed E-state index contributed by atoms with van der Waals surface area (Å²) in [7, 11) is 0. The fraction of sp³-hybridized carbons (Fsp3) is 0.167. The van der Waals surface area contributed by atoms with Gasteiger partial charge in [0.2, 0.25) is 0 Å². The number of hydrogen-bond acceptors (Lipinski definition) is 2. The first kappa shape index (κ1) is 15.9. The molecule has 1 nitrogen and oxygen atoms in total. The summed E-state index contributed by atoms with van der Waals surface area (Å²) in [5, 5.41) is 10.1. The number of hydrogen-bond donors (Lipinski definition) is 1. The van der Waals surface area contributed by atoms with Crippen molar-refractivity contribution >= 4 is 43.2 Å². The Morgan fingerprint density at radius 3 is 2.35 bits per heavy atom. The largest absolute Gasteiger partial charge is 0.419 e. The fourth-order valence-electron chi connectivity index (χ4n) is 1.63. The van der Waals surface area contributed by atoms with Crippen LogP contribution in [-0.2, 0) is 6.18 Å². The summed E-state index contributed by atoms with van der Waals surface area (Å²) in [6.45, 7) is 0. The second-order valence-corrected chi connectivity index (χ2v) is 7.14. The Kier molecular flexibility index (Phi) is 4.58. The van der Waals surface area contributed by atoms with Gasteiger partial charge < -0.3 is 5.11 Å². The van der Waals surface area contributed by atoms with E-state index in [0.29, 0.717) is 19.2 Å². The zero-order chi connectivity index (χ0) is 15.1. The van der Waals surface area contributed by atoms with E-state index >= 15 is 0 Å². The minimum Gasteiger partial charge on any atom is -0.383 e. The van der Waals surface area contributed by atoms with Crippen molar-refractivity contribution in [2.45, 2.75) is 12.3 Å². The van der Waals surface area contributed by atoms with Gasteiger partial charge in [-0.3, -0.25) is 0 Å². The Morgan fingerprint density at radius 1 is 1.20 bits per heavy atom. The molecule has 0 aliphatic rings. The van der Waals surface area contributed by atoms with Crippen molar-refractivity contribution in [1.29, 1.82) is 0 Å². The predicted octanol–water partition coefficient (Wildman–Crippen LogP) is 5.51. The quantitative estimate of drug-likeness (QED) is 0.619. The summed E-state index contributed by atoms with van der Waals surface area (Å²) < 4.78 is 53.1. The summed E-state index contributed by atoms with van der Waals surface area (Å²) in [6.07, 6.45) is -6.25. The lowest BCUT2D eigenvalue weighted by atomic mass is 10.0. The molecule has 108 valence electrons. The van der Waals surface area contributed by atoms with Gasteiger partial charge in [-0.2, -0.15) is 13.2 Å². The zero-order valence-corrected chi connectivity index (χ0v) is 13.5. The van der Waals surface area contributed by atoms with Crippen LogP contribution in [0.4, 0.5) is 17.6 Å². The standard InChI is InChI=1S/C12H6Br2F4OS/c13-7-4-8(20-11(7)14)10(19)5-2-1-3-6(9(5)15)12(16,17)18/h1-4,10,19H. The molecule has 1 unspecified atom stereocenters. The average molecular weight is 434 g/mol. The molecular formula is C12H6Br2F4OS. The van der Waals surface area contributed by atoms with Crippen molar-refractivity contribution in [3.05, 3.63) is 54.3 Å². The van der Waals surface area contributed by atoms with Crippen LogP contribution < -0.4 is 0 Å². The van der Waals surface area contributed by atoms with Gasteiger partial charge in [0, 0.05) is 14.9 Å². The van der Waals surface area contributed by atoms with E-state index in [1.54, 1.807) is 0 Å². The number of rotatable bonds is 2. The Bertz CT molecular complexity index is 619. The molecule has 1 aromatic heterocycles. The summed E-state index contributed by atoms with van der Waals surface area (Å²) in [5.74, 6) is -1.45. The van der Waals surface area contributed by atoms with Crippen LogP contribution >= 0.6 is 43.2 Å². The van der Waals surface area contributed by atoms with Gasteiger partial charge in [-0.25, -0.2) is 4.39 Å². The Balaban J connectivity index is 2.48. The van der Waals surface area contributed by atoms with Crippen LogP contribution in [0.25, 0.3) is 0 Å². The number of aliphatic hydroxyl groups excluding tert-OH is 1. The number of alkyl halides is 3. The molecule has 20 heavy (non-hydrogen) atoms. The molecule has 1 aromatic carbocycles. The maximum atomic E-state index is 13.9.